The van der Waals surface area contributed by atoms with Gasteiger partial charge in [-0.1, -0.05) is 12.1 Å². The minimum Gasteiger partial charge on any atom is -0.507 e. The first kappa shape index (κ1) is 12.0. The largest absolute Gasteiger partial charge is 0.507 e. The molecule has 0 fully saturated rings. The molecule has 0 aromatic heterocycles. The SMILES string of the molecule is Oc1cc(-c2ccc(I)c(O)c2)ccc1I. The first-order valence-corrected chi connectivity index (χ1v) is 6.71. The summed E-state index contributed by atoms with van der Waals surface area (Å²) in [4.78, 5) is 0. The van der Waals surface area contributed by atoms with E-state index in [1.54, 1.807) is 12.1 Å². The van der Waals surface area contributed by atoms with E-state index < -0.39 is 0 Å². The fourth-order valence-electron chi connectivity index (χ4n) is 1.38. The molecule has 82 valence electrons. The molecular formula is C12H8I2O2. The quantitative estimate of drug-likeness (QED) is 0.662. The maximum Gasteiger partial charge on any atom is 0.129 e. The maximum atomic E-state index is 9.61. The van der Waals surface area contributed by atoms with Crippen LogP contribution in [0.4, 0.5) is 0 Å². The zero-order valence-corrected chi connectivity index (χ0v) is 12.4. The Bertz CT molecular complexity index is 489. The van der Waals surface area contributed by atoms with E-state index in [0.29, 0.717) is 0 Å². The van der Waals surface area contributed by atoms with Gasteiger partial charge in [0.25, 0.3) is 0 Å². The summed E-state index contributed by atoms with van der Waals surface area (Å²) in [5, 5.41) is 19.2. The Hall–Kier alpha value is -0.500. The summed E-state index contributed by atoms with van der Waals surface area (Å²) in [6.45, 7) is 0. The topological polar surface area (TPSA) is 40.5 Å². The predicted octanol–water partition coefficient (Wildman–Crippen LogP) is 3.97. The zero-order chi connectivity index (χ0) is 11.7. The molecule has 0 amide bonds. The lowest BCUT2D eigenvalue weighted by Gasteiger charge is -2.05. The third kappa shape index (κ3) is 2.42. The van der Waals surface area contributed by atoms with Gasteiger partial charge in [-0.2, -0.15) is 0 Å². The molecule has 4 heteroatoms. The lowest BCUT2D eigenvalue weighted by Crippen LogP contribution is -1.81. The molecule has 0 bridgehead atoms. The van der Waals surface area contributed by atoms with Crippen molar-refractivity contribution in [3.8, 4) is 22.6 Å². The number of benzene rings is 2. The number of hydrogen-bond donors (Lipinski definition) is 2. The van der Waals surface area contributed by atoms with Crippen molar-refractivity contribution in [1.82, 2.24) is 0 Å². The van der Waals surface area contributed by atoms with Crippen molar-refractivity contribution < 1.29 is 10.2 Å². The highest BCUT2D eigenvalue weighted by Gasteiger charge is 2.04. The van der Waals surface area contributed by atoms with Crippen LogP contribution in [0.3, 0.4) is 0 Å². The van der Waals surface area contributed by atoms with E-state index in [-0.39, 0.29) is 11.5 Å². The van der Waals surface area contributed by atoms with Gasteiger partial charge in [-0.15, -0.1) is 0 Å². The average molecular weight is 438 g/mol. The van der Waals surface area contributed by atoms with Gasteiger partial charge < -0.3 is 10.2 Å². The molecule has 0 aliphatic carbocycles. The van der Waals surface area contributed by atoms with Crippen LogP contribution in [0, 0.1) is 7.14 Å². The van der Waals surface area contributed by atoms with E-state index in [1.807, 2.05) is 24.3 Å². The molecule has 0 aliphatic heterocycles. The molecule has 2 nitrogen and oxygen atoms in total. The minimum atomic E-state index is 0.260. The normalized spacial score (nSPS) is 10.4. The maximum absolute atomic E-state index is 9.61. The number of rotatable bonds is 1. The number of phenolic OH excluding ortho intramolecular Hbond substituents is 2. The predicted molar refractivity (Wildman–Crippen MR) is 80.6 cm³/mol. The van der Waals surface area contributed by atoms with Gasteiger partial charge in [-0.05, 0) is 80.6 Å². The van der Waals surface area contributed by atoms with Crippen molar-refractivity contribution in [3.05, 3.63) is 43.5 Å². The van der Waals surface area contributed by atoms with E-state index in [0.717, 1.165) is 18.3 Å². The molecule has 2 rings (SSSR count). The molecule has 0 atom stereocenters. The number of phenols is 2. The summed E-state index contributed by atoms with van der Waals surface area (Å²) in [6.07, 6.45) is 0. The van der Waals surface area contributed by atoms with Gasteiger partial charge >= 0.3 is 0 Å². The molecule has 16 heavy (non-hydrogen) atoms. The summed E-state index contributed by atoms with van der Waals surface area (Å²) in [5.74, 6) is 0.521. The van der Waals surface area contributed by atoms with E-state index in [1.165, 1.54) is 0 Å². The van der Waals surface area contributed by atoms with Crippen LogP contribution >= 0.6 is 45.2 Å². The van der Waals surface area contributed by atoms with Crippen LogP contribution in [0.2, 0.25) is 0 Å². The van der Waals surface area contributed by atoms with E-state index in [2.05, 4.69) is 45.2 Å². The average Bonchev–Trinajstić information content (AvgIpc) is 2.26. The molecule has 2 aromatic carbocycles. The van der Waals surface area contributed by atoms with Crippen LogP contribution in [0.25, 0.3) is 11.1 Å². The van der Waals surface area contributed by atoms with Crippen LogP contribution in [0.5, 0.6) is 11.5 Å². The van der Waals surface area contributed by atoms with Gasteiger partial charge in [0.2, 0.25) is 0 Å². The lowest BCUT2D eigenvalue weighted by molar-refractivity contribution is 0.470. The molecule has 0 radical (unpaired) electrons. The summed E-state index contributed by atoms with van der Waals surface area (Å²) >= 11 is 4.14. The Morgan fingerprint density at radius 2 is 1.06 bits per heavy atom. The third-order valence-corrected chi connectivity index (χ3v) is 4.05. The standard InChI is InChI=1S/C12H8I2O2/c13-9-3-1-7(5-11(9)15)8-2-4-10(14)12(16)6-8/h1-6,15-16H. The van der Waals surface area contributed by atoms with E-state index in [4.69, 9.17) is 0 Å². The highest BCUT2D eigenvalue weighted by molar-refractivity contribution is 14.1. The number of aromatic hydroxyl groups is 2. The van der Waals surface area contributed by atoms with Gasteiger partial charge in [0.15, 0.2) is 0 Å². The molecule has 0 saturated carbocycles. The van der Waals surface area contributed by atoms with Crippen molar-refractivity contribution in [1.29, 1.82) is 0 Å². The van der Waals surface area contributed by atoms with Gasteiger partial charge in [0.1, 0.15) is 11.5 Å². The van der Waals surface area contributed by atoms with Crippen molar-refractivity contribution in [2.24, 2.45) is 0 Å². The second-order valence-corrected chi connectivity index (χ2v) is 5.66. The highest BCUT2D eigenvalue weighted by Crippen LogP contribution is 2.30. The van der Waals surface area contributed by atoms with Crippen LogP contribution < -0.4 is 0 Å². The Labute approximate surface area is 121 Å². The smallest absolute Gasteiger partial charge is 0.129 e. The first-order chi connectivity index (χ1) is 7.58. The van der Waals surface area contributed by atoms with Crippen LogP contribution in [-0.4, -0.2) is 10.2 Å². The molecule has 0 aliphatic rings. The van der Waals surface area contributed by atoms with Gasteiger partial charge in [-0.25, -0.2) is 0 Å². The Morgan fingerprint density at radius 3 is 1.38 bits per heavy atom. The highest BCUT2D eigenvalue weighted by atomic mass is 127. The van der Waals surface area contributed by atoms with Crippen molar-refractivity contribution in [2.45, 2.75) is 0 Å². The molecule has 2 aromatic rings. The summed E-state index contributed by atoms with van der Waals surface area (Å²) in [5.41, 5.74) is 1.79. The van der Waals surface area contributed by atoms with Crippen molar-refractivity contribution in [3.63, 3.8) is 0 Å². The number of hydrogen-bond acceptors (Lipinski definition) is 2. The number of halogens is 2. The Balaban J connectivity index is 2.50. The fourth-order valence-corrected chi connectivity index (χ4v) is 2.06. The summed E-state index contributed by atoms with van der Waals surface area (Å²) in [6, 6.07) is 10.9. The van der Waals surface area contributed by atoms with Crippen molar-refractivity contribution in [2.75, 3.05) is 0 Å². The zero-order valence-electron chi connectivity index (χ0n) is 8.11. The van der Waals surface area contributed by atoms with Gasteiger partial charge in [-0.3, -0.25) is 0 Å². The second kappa shape index (κ2) is 4.79. The van der Waals surface area contributed by atoms with E-state index in [9.17, 15) is 10.2 Å². The monoisotopic (exact) mass is 438 g/mol. The minimum absolute atomic E-state index is 0.260. The first-order valence-electron chi connectivity index (χ1n) is 4.55. The molecule has 0 spiro atoms. The second-order valence-electron chi connectivity index (χ2n) is 3.33. The van der Waals surface area contributed by atoms with E-state index >= 15 is 0 Å². The molecule has 2 N–H and O–H groups in total. The van der Waals surface area contributed by atoms with Crippen LogP contribution in [0.15, 0.2) is 36.4 Å². The molecule has 0 saturated heterocycles. The fraction of sp³-hybridized carbons (Fsp3) is 0. The molecular weight excluding hydrogens is 430 g/mol. The summed E-state index contributed by atoms with van der Waals surface area (Å²) in [7, 11) is 0. The van der Waals surface area contributed by atoms with Gasteiger partial charge in [0.05, 0.1) is 7.14 Å². The Morgan fingerprint density at radius 1 is 0.688 bits per heavy atom. The summed E-state index contributed by atoms with van der Waals surface area (Å²) < 4.78 is 1.63. The van der Waals surface area contributed by atoms with Gasteiger partial charge in [0, 0.05) is 0 Å². The third-order valence-electron chi connectivity index (χ3n) is 2.23. The molecule has 0 heterocycles. The lowest BCUT2D eigenvalue weighted by atomic mass is 10.1. The van der Waals surface area contributed by atoms with Crippen LogP contribution in [0.1, 0.15) is 0 Å². The van der Waals surface area contributed by atoms with Crippen LogP contribution in [-0.2, 0) is 0 Å². The van der Waals surface area contributed by atoms with Crippen molar-refractivity contribution >= 4 is 45.2 Å². The Kier molecular flexibility index (Phi) is 3.58. The molecule has 0 unspecified atom stereocenters.